The van der Waals surface area contributed by atoms with E-state index in [1.165, 1.54) is 13.2 Å². The maximum atomic E-state index is 14.1. The number of amides is 1. The summed E-state index contributed by atoms with van der Waals surface area (Å²) in [6, 6.07) is 14.4. The van der Waals surface area contributed by atoms with E-state index >= 15 is 0 Å². The van der Waals surface area contributed by atoms with Gasteiger partial charge in [0.15, 0.2) is 0 Å². The van der Waals surface area contributed by atoms with E-state index in [1.54, 1.807) is 60.9 Å². The zero-order valence-electron chi connectivity index (χ0n) is 22.6. The molecule has 0 unspecified atom stereocenters. The standard InChI is InChI=1S/C30H27ClFN5O5/c1-40-30(39)18-6-8-25(26(11-18)33-16-22-9-10-41-22)36-28(38)13-27-34-14-20(15-35-27)24-3-2-4-29(37-24)42-17-19-5-7-21(31)12-23(19)32/h2-8,11-12,14-15,22,33H,9-10,13,16-17H2,1H3,(H,36,38)/t22-/m0/s1. The Hall–Kier alpha value is -4.61. The van der Waals surface area contributed by atoms with E-state index in [9.17, 15) is 14.0 Å². The normalized spacial score (nSPS) is 14.0. The number of pyridine rings is 1. The number of hydrogen-bond donors (Lipinski definition) is 2. The van der Waals surface area contributed by atoms with Gasteiger partial charge in [0.25, 0.3) is 0 Å². The van der Waals surface area contributed by atoms with E-state index in [-0.39, 0.29) is 25.0 Å². The van der Waals surface area contributed by atoms with Gasteiger partial charge in [0.05, 0.1) is 42.3 Å². The molecule has 1 amide bonds. The second-order valence-electron chi connectivity index (χ2n) is 9.41. The molecular weight excluding hydrogens is 565 g/mol. The van der Waals surface area contributed by atoms with Crippen molar-refractivity contribution < 1.29 is 28.2 Å². The van der Waals surface area contributed by atoms with Crippen LogP contribution in [-0.2, 0) is 27.3 Å². The first-order chi connectivity index (χ1) is 20.4. The Bertz CT molecular complexity index is 1580. The number of hydrogen-bond acceptors (Lipinski definition) is 9. The third-order valence-corrected chi connectivity index (χ3v) is 6.70. The molecule has 1 atom stereocenters. The zero-order chi connectivity index (χ0) is 29.5. The van der Waals surface area contributed by atoms with Gasteiger partial charge in [0, 0.05) is 47.8 Å². The molecule has 2 aromatic heterocycles. The van der Waals surface area contributed by atoms with Gasteiger partial charge in [-0.15, -0.1) is 0 Å². The summed E-state index contributed by atoms with van der Waals surface area (Å²) in [7, 11) is 1.31. The summed E-state index contributed by atoms with van der Waals surface area (Å²) >= 11 is 5.80. The summed E-state index contributed by atoms with van der Waals surface area (Å²) in [4.78, 5) is 37.9. The Morgan fingerprint density at radius 3 is 2.62 bits per heavy atom. The first-order valence-electron chi connectivity index (χ1n) is 13.1. The fraction of sp³-hybridized carbons (Fsp3) is 0.233. The average Bonchev–Trinajstić information content (AvgIpc) is 2.96. The summed E-state index contributed by atoms with van der Waals surface area (Å²) in [5, 5.41) is 6.40. The van der Waals surface area contributed by atoms with Gasteiger partial charge in [-0.25, -0.2) is 24.1 Å². The minimum absolute atomic E-state index is 0.0129. The maximum Gasteiger partial charge on any atom is 0.337 e. The number of benzene rings is 2. The maximum absolute atomic E-state index is 14.1. The molecule has 0 aliphatic carbocycles. The van der Waals surface area contributed by atoms with Gasteiger partial charge in [0.1, 0.15) is 18.2 Å². The number of halogens is 2. The summed E-state index contributed by atoms with van der Waals surface area (Å²) in [6.07, 6.45) is 4.08. The highest BCUT2D eigenvalue weighted by atomic mass is 35.5. The molecule has 0 radical (unpaired) electrons. The molecule has 2 aromatic carbocycles. The molecular formula is C30H27ClFN5O5. The van der Waals surface area contributed by atoms with Crippen molar-refractivity contribution in [1.82, 2.24) is 15.0 Å². The molecule has 0 spiro atoms. The number of ether oxygens (including phenoxy) is 3. The molecule has 1 aliphatic heterocycles. The third-order valence-electron chi connectivity index (χ3n) is 6.46. The molecule has 12 heteroatoms. The third kappa shape index (κ3) is 7.36. The molecule has 3 heterocycles. The molecule has 0 bridgehead atoms. The SMILES string of the molecule is COC(=O)c1ccc(NC(=O)Cc2ncc(-c3cccc(OCc4ccc(Cl)cc4F)n3)cn2)c(NC[C@@H]2CCO2)c1. The molecule has 0 saturated carbocycles. The summed E-state index contributed by atoms with van der Waals surface area (Å²) in [5.74, 6) is -0.659. The van der Waals surface area contributed by atoms with Crippen LogP contribution in [0, 0.1) is 5.82 Å². The second kappa shape index (κ2) is 13.4. The highest BCUT2D eigenvalue weighted by molar-refractivity contribution is 6.30. The summed E-state index contributed by atoms with van der Waals surface area (Å²) in [6.45, 7) is 1.25. The molecule has 1 aliphatic rings. The number of anilines is 2. The van der Waals surface area contributed by atoms with Crippen LogP contribution in [0.2, 0.25) is 5.02 Å². The van der Waals surface area contributed by atoms with Crippen LogP contribution >= 0.6 is 11.6 Å². The van der Waals surface area contributed by atoms with Crippen LogP contribution in [0.3, 0.4) is 0 Å². The van der Waals surface area contributed by atoms with Gasteiger partial charge in [-0.05, 0) is 42.8 Å². The Morgan fingerprint density at radius 2 is 1.90 bits per heavy atom. The minimum atomic E-state index is -0.480. The first-order valence-corrected chi connectivity index (χ1v) is 13.5. The second-order valence-corrected chi connectivity index (χ2v) is 9.85. The molecule has 42 heavy (non-hydrogen) atoms. The van der Waals surface area contributed by atoms with Crippen molar-refractivity contribution in [2.45, 2.75) is 25.6 Å². The Balaban J connectivity index is 1.21. The van der Waals surface area contributed by atoms with Crippen LogP contribution in [0.1, 0.15) is 28.2 Å². The number of nitrogens with zero attached hydrogens (tertiary/aromatic N) is 3. The lowest BCUT2D eigenvalue weighted by molar-refractivity contribution is -0.115. The number of nitrogens with one attached hydrogen (secondary N) is 2. The van der Waals surface area contributed by atoms with Crippen molar-refractivity contribution in [1.29, 1.82) is 0 Å². The van der Waals surface area contributed by atoms with Gasteiger partial charge in [-0.2, -0.15) is 0 Å². The Labute approximate surface area is 246 Å². The van der Waals surface area contributed by atoms with Crippen molar-refractivity contribution in [3.63, 3.8) is 0 Å². The first kappa shape index (κ1) is 28.9. The molecule has 2 N–H and O–H groups in total. The summed E-state index contributed by atoms with van der Waals surface area (Å²) < 4.78 is 30.0. The predicted octanol–water partition coefficient (Wildman–Crippen LogP) is 5.08. The van der Waals surface area contributed by atoms with Gasteiger partial charge >= 0.3 is 5.97 Å². The van der Waals surface area contributed by atoms with E-state index in [0.29, 0.717) is 57.0 Å². The van der Waals surface area contributed by atoms with Crippen LogP contribution in [0.5, 0.6) is 5.88 Å². The smallest absolute Gasteiger partial charge is 0.337 e. The Kier molecular flexibility index (Phi) is 9.20. The van der Waals surface area contributed by atoms with Gasteiger partial charge in [-0.3, -0.25) is 4.79 Å². The zero-order valence-corrected chi connectivity index (χ0v) is 23.4. The topological polar surface area (TPSA) is 125 Å². The molecule has 1 fully saturated rings. The van der Waals surface area contributed by atoms with E-state index < -0.39 is 11.8 Å². The van der Waals surface area contributed by atoms with Crippen molar-refractivity contribution in [2.75, 3.05) is 30.9 Å². The van der Waals surface area contributed by atoms with Crippen molar-refractivity contribution in [3.05, 3.63) is 94.8 Å². The van der Waals surface area contributed by atoms with Crippen molar-refractivity contribution in [2.24, 2.45) is 0 Å². The lowest BCUT2D eigenvalue weighted by Crippen LogP contribution is -2.33. The fourth-order valence-electron chi connectivity index (χ4n) is 4.08. The highest BCUT2D eigenvalue weighted by Crippen LogP contribution is 2.26. The number of esters is 1. The quantitative estimate of drug-likeness (QED) is 0.230. The molecule has 216 valence electrons. The molecule has 4 aromatic rings. The number of carbonyl (C=O) groups is 2. The van der Waals surface area contributed by atoms with E-state index in [4.69, 9.17) is 25.8 Å². The fourth-order valence-corrected chi connectivity index (χ4v) is 4.24. The number of carbonyl (C=O) groups excluding carboxylic acids is 2. The largest absolute Gasteiger partial charge is 0.473 e. The Morgan fingerprint density at radius 1 is 1.10 bits per heavy atom. The predicted molar refractivity (Wildman–Crippen MR) is 154 cm³/mol. The number of methoxy groups -OCH3 is 1. The number of aromatic nitrogens is 3. The summed E-state index contributed by atoms with van der Waals surface area (Å²) in [5.41, 5.74) is 2.95. The monoisotopic (exact) mass is 591 g/mol. The van der Waals surface area contributed by atoms with Gasteiger partial charge in [-0.1, -0.05) is 23.7 Å². The van der Waals surface area contributed by atoms with Crippen molar-refractivity contribution >= 4 is 34.9 Å². The minimum Gasteiger partial charge on any atom is -0.473 e. The van der Waals surface area contributed by atoms with Crippen LogP contribution in [-0.4, -0.2) is 53.2 Å². The van der Waals surface area contributed by atoms with E-state index in [2.05, 4.69) is 25.6 Å². The molecule has 5 rings (SSSR count). The van der Waals surface area contributed by atoms with Crippen LogP contribution < -0.4 is 15.4 Å². The average molecular weight is 592 g/mol. The lowest BCUT2D eigenvalue weighted by atomic mass is 10.1. The van der Waals surface area contributed by atoms with Gasteiger partial charge < -0.3 is 24.8 Å². The molecule has 10 nitrogen and oxygen atoms in total. The number of rotatable bonds is 11. The molecule has 1 saturated heterocycles. The van der Waals surface area contributed by atoms with Crippen LogP contribution in [0.25, 0.3) is 11.3 Å². The van der Waals surface area contributed by atoms with Crippen LogP contribution in [0.15, 0.2) is 67.0 Å². The van der Waals surface area contributed by atoms with Gasteiger partial charge in [0.2, 0.25) is 11.8 Å². The van der Waals surface area contributed by atoms with E-state index in [0.717, 1.165) is 13.0 Å². The van der Waals surface area contributed by atoms with Crippen LogP contribution in [0.4, 0.5) is 15.8 Å². The lowest BCUT2D eigenvalue weighted by Gasteiger charge is -2.27. The van der Waals surface area contributed by atoms with Crippen molar-refractivity contribution in [3.8, 4) is 17.1 Å². The highest BCUT2D eigenvalue weighted by Gasteiger charge is 2.19. The van der Waals surface area contributed by atoms with E-state index in [1.807, 2.05) is 0 Å².